The molecule has 2 aliphatic rings. The number of hydrogen-bond acceptors (Lipinski definition) is 13. The molecule has 0 aliphatic carbocycles. The average Bonchev–Trinajstić information content (AvgIpc) is 3.47. The second kappa shape index (κ2) is 9.43. The van der Waals surface area contributed by atoms with Gasteiger partial charge < -0.3 is 40.1 Å². The van der Waals surface area contributed by atoms with Crippen molar-refractivity contribution in [3.8, 4) is 0 Å². The maximum absolute atomic E-state index is 10.9. The van der Waals surface area contributed by atoms with Gasteiger partial charge in [-0.2, -0.15) is 0 Å². The summed E-state index contributed by atoms with van der Waals surface area (Å²) in [5.74, 6) is 0. The first kappa shape index (κ1) is 22.5. The minimum absolute atomic E-state index is 0.524. The van der Waals surface area contributed by atoms with Crippen molar-refractivity contribution in [2.24, 2.45) is 0 Å². The van der Waals surface area contributed by atoms with Crippen molar-refractivity contribution in [2.45, 2.75) is 59.6 Å². The lowest BCUT2D eigenvalue weighted by Gasteiger charge is -2.46. The fraction of sp³-hybridized carbons (Fsp3) is 0.750. The van der Waals surface area contributed by atoms with Crippen LogP contribution in [0.15, 0.2) is 24.8 Å². The third-order valence-corrected chi connectivity index (χ3v) is 6.77. The summed E-state index contributed by atoms with van der Waals surface area (Å²) in [7, 11) is 0. The smallest absolute Gasteiger partial charge is 0.134 e. The summed E-state index contributed by atoms with van der Waals surface area (Å²) in [5.41, 5.74) is -2.11. The second-order valence-corrected chi connectivity index (χ2v) is 8.50. The number of thioether (sulfide) groups is 1. The van der Waals surface area contributed by atoms with E-state index >= 15 is 0 Å². The summed E-state index contributed by atoms with van der Waals surface area (Å²) in [4.78, 5) is 0. The highest BCUT2D eigenvalue weighted by molar-refractivity contribution is 8.00. The van der Waals surface area contributed by atoms with Crippen LogP contribution in [-0.4, -0.2) is 121 Å². The van der Waals surface area contributed by atoms with Gasteiger partial charge in [-0.05, 0) is 0 Å². The van der Waals surface area contributed by atoms with Crippen LogP contribution in [-0.2, 0) is 9.47 Å². The Morgan fingerprint density at radius 2 is 1.13 bits per heavy atom. The molecule has 0 saturated carbocycles. The lowest BCUT2D eigenvalue weighted by Crippen LogP contribution is -2.58. The zero-order chi connectivity index (χ0) is 22.1. The van der Waals surface area contributed by atoms with Crippen molar-refractivity contribution in [1.82, 2.24) is 30.0 Å². The maximum atomic E-state index is 10.9. The molecule has 5 unspecified atom stereocenters. The highest BCUT2D eigenvalue weighted by atomic mass is 32.2. The number of aliphatic hydroxyl groups excluding tert-OH is 6. The van der Waals surface area contributed by atoms with Gasteiger partial charge in [0.25, 0.3) is 0 Å². The number of nitrogens with zero attached hydrogens (tertiary/aromatic N) is 6. The van der Waals surface area contributed by atoms with Gasteiger partial charge >= 0.3 is 0 Å². The Morgan fingerprint density at radius 1 is 0.710 bits per heavy atom. The van der Waals surface area contributed by atoms with Crippen LogP contribution in [0.25, 0.3) is 0 Å². The molecule has 6 N–H and O–H groups in total. The molecule has 4 heterocycles. The van der Waals surface area contributed by atoms with Gasteiger partial charge in [0.2, 0.25) is 0 Å². The molecule has 0 spiro atoms. The number of aromatic nitrogens is 6. The first-order valence-electron chi connectivity index (χ1n) is 9.58. The average molecular weight is 460 g/mol. The molecule has 2 aromatic rings. The van der Waals surface area contributed by atoms with Crippen LogP contribution in [0.3, 0.4) is 0 Å². The molecule has 0 bridgehead atoms. The Bertz CT molecular complexity index is 749. The van der Waals surface area contributed by atoms with Crippen molar-refractivity contribution >= 4 is 11.8 Å². The molecule has 2 fully saturated rings. The highest BCUT2D eigenvalue weighted by Crippen LogP contribution is 2.41. The Labute approximate surface area is 180 Å². The predicted octanol–water partition coefficient (Wildman–Crippen LogP) is -3.74. The van der Waals surface area contributed by atoms with Gasteiger partial charge in [0.1, 0.15) is 59.6 Å². The van der Waals surface area contributed by atoms with Crippen LogP contribution in [0.4, 0.5) is 0 Å². The van der Waals surface area contributed by atoms with Crippen molar-refractivity contribution in [3.63, 3.8) is 0 Å². The van der Waals surface area contributed by atoms with Gasteiger partial charge in [0.05, 0.1) is 25.6 Å². The van der Waals surface area contributed by atoms with E-state index in [9.17, 15) is 30.6 Å². The topological polar surface area (TPSA) is 201 Å². The van der Waals surface area contributed by atoms with E-state index in [0.29, 0.717) is 0 Å². The summed E-state index contributed by atoms with van der Waals surface area (Å²) in [6.45, 7) is -1.05. The number of ether oxygens (including phenoxy) is 2. The van der Waals surface area contributed by atoms with Gasteiger partial charge in [0, 0.05) is 12.4 Å². The van der Waals surface area contributed by atoms with Gasteiger partial charge in [-0.3, -0.25) is 0 Å². The normalized spacial score (nSPS) is 41.4. The fourth-order valence-electron chi connectivity index (χ4n) is 3.87. The lowest BCUT2D eigenvalue weighted by molar-refractivity contribution is -0.189. The van der Waals surface area contributed by atoms with Crippen LogP contribution >= 0.6 is 11.8 Å². The third-order valence-electron chi connectivity index (χ3n) is 5.46. The molecule has 2 aliphatic heterocycles. The Morgan fingerprint density at radius 3 is 1.45 bits per heavy atom. The van der Waals surface area contributed by atoms with Crippen molar-refractivity contribution < 1.29 is 40.1 Å². The van der Waals surface area contributed by atoms with E-state index in [0.717, 1.165) is 11.8 Å². The minimum atomic E-state index is -1.32. The quantitative estimate of drug-likeness (QED) is 0.246. The predicted molar refractivity (Wildman–Crippen MR) is 101 cm³/mol. The van der Waals surface area contributed by atoms with E-state index in [-0.39, 0.29) is 0 Å². The van der Waals surface area contributed by atoms with Crippen LogP contribution < -0.4 is 0 Å². The number of hydrogen-bond donors (Lipinski definition) is 6. The molecule has 10 atom stereocenters. The molecular formula is C16H24N6O8S. The number of rotatable bonds is 6. The minimum Gasteiger partial charge on any atom is -0.394 e. The Balaban J connectivity index is 1.57. The first-order valence-corrected chi connectivity index (χ1v) is 10.5. The number of aliphatic hydroxyl groups is 6. The monoisotopic (exact) mass is 460 g/mol. The SMILES string of the molecule is OCC1O[C@@H](SC2O[C@H](CO)C(O)C(n3ccnn3)[C@H]2O)C(O)[C@@H](n2ccnn2)[C@H]1O. The van der Waals surface area contributed by atoms with Gasteiger partial charge in [-0.15, -0.1) is 10.2 Å². The second-order valence-electron chi connectivity index (χ2n) is 7.30. The summed E-state index contributed by atoms with van der Waals surface area (Å²) in [6, 6.07) is -1.95. The Hall–Kier alpha value is -1.69. The highest BCUT2D eigenvalue weighted by Gasteiger charge is 2.51. The lowest BCUT2D eigenvalue weighted by atomic mass is 9.97. The molecule has 0 aromatic carbocycles. The molecule has 0 radical (unpaired) electrons. The largest absolute Gasteiger partial charge is 0.394 e. The van der Waals surface area contributed by atoms with E-state index in [4.69, 9.17) is 9.47 Å². The van der Waals surface area contributed by atoms with E-state index in [2.05, 4.69) is 20.6 Å². The first-order chi connectivity index (χ1) is 15.0. The molecule has 15 heteroatoms. The zero-order valence-corrected chi connectivity index (χ0v) is 16.9. The zero-order valence-electron chi connectivity index (χ0n) is 16.1. The van der Waals surface area contributed by atoms with Crippen molar-refractivity contribution in [2.75, 3.05) is 13.2 Å². The maximum Gasteiger partial charge on any atom is 0.134 e. The van der Waals surface area contributed by atoms with E-state index < -0.39 is 72.8 Å². The molecule has 2 aromatic heterocycles. The molecule has 4 rings (SSSR count). The van der Waals surface area contributed by atoms with Crippen LogP contribution in [0.5, 0.6) is 0 Å². The fourth-order valence-corrected chi connectivity index (χ4v) is 5.19. The van der Waals surface area contributed by atoms with E-state index in [1.54, 1.807) is 0 Å². The standard InChI is InChI=1S/C16H24N6O8S/c23-5-7-11(25)9(21-3-1-17-19-21)13(27)15(29-7)31-16-14(28)10(22-4-2-18-20-22)12(26)8(6-24)30-16/h1-4,7-16,23-28H,5-6H2/t7-,8?,9?,10+,11?,12+,13-,14?,15?,16+/m1/s1. The van der Waals surface area contributed by atoms with E-state index in [1.165, 1.54) is 34.2 Å². The van der Waals surface area contributed by atoms with Gasteiger partial charge in [-0.1, -0.05) is 22.2 Å². The molecular weight excluding hydrogens is 436 g/mol. The summed E-state index contributed by atoms with van der Waals surface area (Å²) >= 11 is 0.890. The molecule has 14 nitrogen and oxygen atoms in total. The molecule has 0 amide bonds. The van der Waals surface area contributed by atoms with Crippen LogP contribution in [0.2, 0.25) is 0 Å². The van der Waals surface area contributed by atoms with Crippen LogP contribution in [0.1, 0.15) is 12.1 Å². The van der Waals surface area contributed by atoms with Crippen molar-refractivity contribution in [3.05, 3.63) is 24.8 Å². The summed E-state index contributed by atoms with van der Waals surface area (Å²) in [5, 5.41) is 77.1. The molecule has 172 valence electrons. The summed E-state index contributed by atoms with van der Waals surface area (Å²) < 4.78 is 13.9. The van der Waals surface area contributed by atoms with Gasteiger partial charge in [0.15, 0.2) is 0 Å². The van der Waals surface area contributed by atoms with Crippen LogP contribution in [0, 0.1) is 0 Å². The summed E-state index contributed by atoms with van der Waals surface area (Å²) in [6.07, 6.45) is -1.57. The Kier molecular flexibility index (Phi) is 6.85. The molecule has 31 heavy (non-hydrogen) atoms. The third kappa shape index (κ3) is 4.20. The van der Waals surface area contributed by atoms with Crippen molar-refractivity contribution in [1.29, 1.82) is 0 Å². The molecule has 2 saturated heterocycles. The van der Waals surface area contributed by atoms with Gasteiger partial charge in [-0.25, -0.2) is 9.36 Å². The van der Waals surface area contributed by atoms with E-state index in [1.807, 2.05) is 0 Å².